The van der Waals surface area contributed by atoms with Crippen molar-refractivity contribution in [3.63, 3.8) is 0 Å². The predicted molar refractivity (Wildman–Crippen MR) is 66.7 cm³/mol. The first-order valence-corrected chi connectivity index (χ1v) is 5.60. The van der Waals surface area contributed by atoms with Crippen LogP contribution in [0.2, 0.25) is 0 Å². The van der Waals surface area contributed by atoms with Crippen molar-refractivity contribution < 1.29 is 0 Å². The number of hydrogen-bond acceptors (Lipinski definition) is 3. The molecular weight excluding hydrogens is 218 g/mol. The van der Waals surface area contributed by atoms with Crippen LogP contribution in [0.15, 0.2) is 21.9 Å². The molecule has 0 aliphatic rings. The molecule has 5 heteroatoms. The van der Waals surface area contributed by atoms with Crippen molar-refractivity contribution in [2.24, 2.45) is 5.73 Å². The molecule has 92 valence electrons. The average molecular weight is 235 g/mol. The Kier molecular flexibility index (Phi) is 5.24. The lowest BCUT2D eigenvalue weighted by molar-refractivity contribution is 0.541. The van der Waals surface area contributed by atoms with Gasteiger partial charge in [-0.2, -0.15) is 0 Å². The number of aryl methyl sites for hydroxylation is 1. The fourth-order valence-electron chi connectivity index (χ4n) is 1.48. The van der Waals surface area contributed by atoms with E-state index in [0.29, 0.717) is 32.5 Å². The van der Waals surface area contributed by atoms with E-state index in [9.17, 15) is 9.59 Å². The predicted octanol–water partition coefficient (Wildman–Crippen LogP) is -0.228. The van der Waals surface area contributed by atoms with Gasteiger partial charge in [0.2, 0.25) is 0 Å². The molecule has 0 aromatic carbocycles. The number of rotatable bonds is 5. The highest BCUT2D eigenvalue weighted by Crippen LogP contribution is 1.86. The van der Waals surface area contributed by atoms with Gasteiger partial charge in [-0.1, -0.05) is 0 Å². The van der Waals surface area contributed by atoms with Gasteiger partial charge in [-0.05, 0) is 19.9 Å². The third-order valence-electron chi connectivity index (χ3n) is 2.38. The summed E-state index contributed by atoms with van der Waals surface area (Å²) in [6, 6.07) is 1.40. The Morgan fingerprint density at radius 1 is 1.35 bits per heavy atom. The maximum atomic E-state index is 11.9. The Morgan fingerprint density at radius 2 is 2.12 bits per heavy atom. The molecule has 0 saturated carbocycles. The van der Waals surface area contributed by atoms with Gasteiger partial charge in [0.25, 0.3) is 5.56 Å². The van der Waals surface area contributed by atoms with Crippen LogP contribution in [0.4, 0.5) is 0 Å². The number of aromatic nitrogens is 2. The second-order valence-electron chi connectivity index (χ2n) is 3.60. The third kappa shape index (κ3) is 3.61. The summed E-state index contributed by atoms with van der Waals surface area (Å²) in [6.45, 7) is 3.09. The Labute approximate surface area is 99.9 Å². The number of hydrogen-bond donors (Lipinski definition) is 1. The van der Waals surface area contributed by atoms with E-state index in [1.807, 2.05) is 0 Å². The lowest BCUT2D eigenvalue weighted by Crippen LogP contribution is -2.39. The minimum absolute atomic E-state index is 0.277. The summed E-state index contributed by atoms with van der Waals surface area (Å²) in [5, 5.41) is 0. The summed E-state index contributed by atoms with van der Waals surface area (Å²) >= 11 is 0. The van der Waals surface area contributed by atoms with Crippen molar-refractivity contribution in [2.45, 2.75) is 32.9 Å². The van der Waals surface area contributed by atoms with E-state index in [4.69, 9.17) is 5.73 Å². The quantitative estimate of drug-likeness (QED) is 0.717. The van der Waals surface area contributed by atoms with E-state index in [0.717, 1.165) is 0 Å². The maximum absolute atomic E-state index is 11.9. The molecule has 1 aromatic heterocycles. The van der Waals surface area contributed by atoms with E-state index >= 15 is 0 Å². The van der Waals surface area contributed by atoms with Gasteiger partial charge in [0, 0.05) is 31.8 Å². The zero-order chi connectivity index (χ0) is 12.7. The minimum Gasteiger partial charge on any atom is -0.330 e. The average Bonchev–Trinajstić information content (AvgIpc) is 2.32. The maximum Gasteiger partial charge on any atom is 0.330 e. The molecule has 1 rings (SSSR count). The van der Waals surface area contributed by atoms with E-state index in [2.05, 4.69) is 11.8 Å². The molecular formula is C12H17N3O2. The van der Waals surface area contributed by atoms with Gasteiger partial charge in [0.15, 0.2) is 0 Å². The summed E-state index contributed by atoms with van der Waals surface area (Å²) < 4.78 is 2.72. The third-order valence-corrected chi connectivity index (χ3v) is 2.38. The van der Waals surface area contributed by atoms with Gasteiger partial charge in [-0.3, -0.25) is 13.9 Å². The molecule has 0 aliphatic carbocycles. The van der Waals surface area contributed by atoms with Crippen molar-refractivity contribution in [3.05, 3.63) is 33.1 Å². The smallest absolute Gasteiger partial charge is 0.330 e. The summed E-state index contributed by atoms with van der Waals surface area (Å²) in [7, 11) is 0. The van der Waals surface area contributed by atoms with Crippen LogP contribution in [-0.2, 0) is 13.1 Å². The molecule has 0 atom stereocenters. The monoisotopic (exact) mass is 235 g/mol. The number of nitrogens with two attached hydrogens (primary N) is 1. The molecule has 17 heavy (non-hydrogen) atoms. The van der Waals surface area contributed by atoms with Crippen LogP contribution in [0.1, 0.15) is 19.8 Å². The van der Waals surface area contributed by atoms with Gasteiger partial charge >= 0.3 is 5.69 Å². The molecule has 0 saturated heterocycles. The second-order valence-corrected chi connectivity index (χ2v) is 3.60. The van der Waals surface area contributed by atoms with Crippen LogP contribution in [0, 0.1) is 11.8 Å². The van der Waals surface area contributed by atoms with Crippen LogP contribution in [-0.4, -0.2) is 15.7 Å². The Bertz CT molecular complexity index is 531. The van der Waals surface area contributed by atoms with E-state index in [1.165, 1.54) is 21.4 Å². The van der Waals surface area contributed by atoms with Gasteiger partial charge in [-0.25, -0.2) is 4.79 Å². The van der Waals surface area contributed by atoms with Crippen LogP contribution in [0.25, 0.3) is 0 Å². The van der Waals surface area contributed by atoms with Crippen LogP contribution in [0.3, 0.4) is 0 Å². The fourth-order valence-corrected chi connectivity index (χ4v) is 1.48. The molecule has 0 spiro atoms. The first-order chi connectivity index (χ1) is 8.20. The highest BCUT2D eigenvalue weighted by molar-refractivity contribution is 4.95. The normalized spacial score (nSPS) is 9.76. The molecule has 2 N–H and O–H groups in total. The SMILES string of the molecule is CC#CCCn1ccc(=O)n(CCCN)c1=O. The summed E-state index contributed by atoms with van der Waals surface area (Å²) in [4.78, 5) is 23.4. The van der Waals surface area contributed by atoms with Crippen LogP contribution in [0.5, 0.6) is 0 Å². The van der Waals surface area contributed by atoms with Crippen molar-refractivity contribution in [1.29, 1.82) is 0 Å². The second kappa shape index (κ2) is 6.71. The van der Waals surface area contributed by atoms with E-state index in [1.54, 1.807) is 6.92 Å². The zero-order valence-electron chi connectivity index (χ0n) is 9.98. The molecule has 0 unspecified atom stereocenters. The summed E-state index contributed by atoms with van der Waals surface area (Å²) in [6.07, 6.45) is 2.74. The van der Waals surface area contributed by atoms with Crippen molar-refractivity contribution in [2.75, 3.05) is 6.54 Å². The standard InChI is InChI=1S/C12H17N3O2/c1-2-3-4-8-14-10-6-11(16)15(12(14)17)9-5-7-13/h6,10H,4-5,7-9,13H2,1H3. The topological polar surface area (TPSA) is 70.0 Å². The first-order valence-electron chi connectivity index (χ1n) is 5.60. The van der Waals surface area contributed by atoms with Gasteiger partial charge in [0.05, 0.1) is 0 Å². The minimum atomic E-state index is -0.288. The van der Waals surface area contributed by atoms with Crippen molar-refractivity contribution in [1.82, 2.24) is 9.13 Å². The Hall–Kier alpha value is -1.80. The molecule has 5 nitrogen and oxygen atoms in total. The van der Waals surface area contributed by atoms with E-state index in [-0.39, 0.29) is 11.2 Å². The largest absolute Gasteiger partial charge is 0.330 e. The molecule has 0 bridgehead atoms. The van der Waals surface area contributed by atoms with Crippen LogP contribution < -0.4 is 17.0 Å². The zero-order valence-corrected chi connectivity index (χ0v) is 9.98. The fraction of sp³-hybridized carbons (Fsp3) is 0.500. The Balaban J connectivity index is 2.96. The van der Waals surface area contributed by atoms with Gasteiger partial charge < -0.3 is 5.73 Å². The molecule has 0 fully saturated rings. The molecule has 0 amide bonds. The highest BCUT2D eigenvalue weighted by atomic mass is 16.2. The van der Waals surface area contributed by atoms with Crippen molar-refractivity contribution in [3.8, 4) is 11.8 Å². The molecule has 0 radical (unpaired) electrons. The van der Waals surface area contributed by atoms with E-state index < -0.39 is 0 Å². The Morgan fingerprint density at radius 3 is 2.76 bits per heavy atom. The molecule has 1 heterocycles. The lowest BCUT2D eigenvalue weighted by atomic mass is 10.4. The first kappa shape index (κ1) is 13.3. The molecule has 1 aromatic rings. The molecule has 0 aliphatic heterocycles. The van der Waals surface area contributed by atoms with Crippen molar-refractivity contribution >= 4 is 0 Å². The summed E-state index contributed by atoms with van der Waals surface area (Å²) in [5.74, 6) is 5.65. The lowest BCUT2D eigenvalue weighted by Gasteiger charge is -2.07. The highest BCUT2D eigenvalue weighted by Gasteiger charge is 2.03. The van der Waals surface area contributed by atoms with Crippen LogP contribution >= 0.6 is 0 Å². The van der Waals surface area contributed by atoms with Gasteiger partial charge in [0.1, 0.15) is 0 Å². The summed E-state index contributed by atoms with van der Waals surface area (Å²) in [5.41, 5.74) is 4.81. The number of nitrogens with zero attached hydrogens (tertiary/aromatic N) is 2. The van der Waals surface area contributed by atoms with Gasteiger partial charge in [-0.15, -0.1) is 11.8 Å².